The first-order chi connectivity index (χ1) is 17.7. The Hall–Kier alpha value is -3.57. The zero-order valence-corrected chi connectivity index (χ0v) is 21.1. The van der Waals surface area contributed by atoms with E-state index in [2.05, 4.69) is 16.0 Å². The highest BCUT2D eigenvalue weighted by Crippen LogP contribution is 2.30. The lowest BCUT2D eigenvalue weighted by molar-refractivity contribution is -0.389. The summed E-state index contributed by atoms with van der Waals surface area (Å²) < 4.78 is 51.5. The molecule has 0 saturated heterocycles. The smallest absolute Gasteiger partial charge is 0.416 e. The summed E-state index contributed by atoms with van der Waals surface area (Å²) in [5, 5.41) is 10.9. The van der Waals surface area contributed by atoms with Crippen molar-refractivity contribution in [2.45, 2.75) is 38.2 Å². The van der Waals surface area contributed by atoms with Crippen LogP contribution in [0.25, 0.3) is 5.57 Å². The van der Waals surface area contributed by atoms with Crippen molar-refractivity contribution in [3.63, 3.8) is 0 Å². The number of nitrogens with zero attached hydrogens (tertiary/aromatic N) is 4. The number of hydrogen-bond donors (Lipinski definition) is 0. The number of benzene rings is 2. The van der Waals surface area contributed by atoms with Crippen LogP contribution >= 0.6 is 12.4 Å². The van der Waals surface area contributed by atoms with Crippen molar-refractivity contribution in [1.82, 2.24) is 14.5 Å². The van der Waals surface area contributed by atoms with Crippen LogP contribution in [-0.4, -0.2) is 45.2 Å². The van der Waals surface area contributed by atoms with Gasteiger partial charge in [-0.1, -0.05) is 30.3 Å². The molecule has 0 N–H and O–H groups in total. The maximum Gasteiger partial charge on any atom is 0.416 e. The number of rotatable bonds is 7. The van der Waals surface area contributed by atoms with Crippen LogP contribution in [0, 0.1) is 10.1 Å². The first-order valence-corrected chi connectivity index (χ1v) is 11.9. The van der Waals surface area contributed by atoms with Gasteiger partial charge in [-0.25, -0.2) is 0 Å². The molecule has 202 valence electrons. The Balaban J connectivity index is 0.00000336. The first-order valence-electron chi connectivity index (χ1n) is 11.9. The maximum absolute atomic E-state index is 12.8. The topological polar surface area (TPSA) is 82.7 Å². The first kappa shape index (κ1) is 27.5. The predicted octanol–water partition coefficient (Wildman–Crippen LogP) is 5.75. The van der Waals surface area contributed by atoms with E-state index in [4.69, 9.17) is 9.47 Å². The number of ether oxygens (including phenoxy) is 2. The van der Waals surface area contributed by atoms with Gasteiger partial charge in [-0.05, 0) is 52.3 Å². The lowest BCUT2D eigenvalue weighted by Crippen LogP contribution is -2.31. The summed E-state index contributed by atoms with van der Waals surface area (Å²) >= 11 is 0. The lowest BCUT2D eigenvalue weighted by atomic mass is 9.99. The Kier molecular flexibility index (Phi) is 8.27. The fraction of sp³-hybridized carbons (Fsp3) is 0.346. The van der Waals surface area contributed by atoms with Gasteiger partial charge in [0.1, 0.15) is 24.7 Å². The zero-order chi connectivity index (χ0) is 26.0. The number of fused-ring (bicyclic) bond motifs is 1. The van der Waals surface area contributed by atoms with Crippen molar-refractivity contribution >= 4 is 23.8 Å². The summed E-state index contributed by atoms with van der Waals surface area (Å²) in [4.78, 5) is 16.4. The quantitative estimate of drug-likeness (QED) is 0.275. The average molecular weight is 551 g/mol. The van der Waals surface area contributed by atoms with Gasteiger partial charge in [0.05, 0.1) is 5.56 Å². The molecule has 0 bridgehead atoms. The molecular formula is C26H26ClF3N4O4. The van der Waals surface area contributed by atoms with Gasteiger partial charge in [-0.3, -0.25) is 9.47 Å². The Morgan fingerprint density at radius 2 is 1.84 bits per heavy atom. The lowest BCUT2D eigenvalue weighted by Gasteiger charge is -2.26. The molecule has 5 rings (SSSR count). The molecule has 0 saturated carbocycles. The van der Waals surface area contributed by atoms with Crippen LogP contribution in [0.5, 0.6) is 11.8 Å². The van der Waals surface area contributed by atoms with Crippen LogP contribution in [0.15, 0.2) is 60.8 Å². The molecule has 3 aromatic rings. The second-order valence-electron chi connectivity index (χ2n) is 9.11. The third-order valence-electron chi connectivity index (χ3n) is 6.52. The molecule has 1 atom stereocenters. The second kappa shape index (κ2) is 11.4. The molecule has 0 aliphatic carbocycles. The number of nitro groups is 1. The number of imidazole rings is 1. The van der Waals surface area contributed by atoms with E-state index in [9.17, 15) is 23.3 Å². The normalized spacial score (nSPS) is 17.6. The van der Waals surface area contributed by atoms with Gasteiger partial charge in [0.15, 0.2) is 0 Å². The summed E-state index contributed by atoms with van der Waals surface area (Å²) in [5.74, 6) is 0.472. The molecule has 3 heterocycles. The third-order valence-corrected chi connectivity index (χ3v) is 6.52. The predicted molar refractivity (Wildman–Crippen MR) is 136 cm³/mol. The van der Waals surface area contributed by atoms with E-state index in [1.54, 1.807) is 4.57 Å². The third kappa shape index (κ3) is 6.46. The van der Waals surface area contributed by atoms with E-state index in [0.29, 0.717) is 31.9 Å². The van der Waals surface area contributed by atoms with Gasteiger partial charge in [-0.2, -0.15) is 13.2 Å². The Morgan fingerprint density at radius 1 is 1.11 bits per heavy atom. The standard InChI is InChI=1S/C26H25F3N4O4.ClH/c27-26(28,29)21-5-1-18(2-6-21)15-31-12-9-20(10-13-31)19-3-7-22(8-4-19)36-17-23-11-14-32-16-24(33(34)35)30-25(32)37-23;/h1-9,16,23H,10-15,17H2;1H/t23-;/m1./s1. The van der Waals surface area contributed by atoms with Gasteiger partial charge < -0.3 is 19.6 Å². The van der Waals surface area contributed by atoms with Crippen LogP contribution in [0.3, 0.4) is 0 Å². The van der Waals surface area contributed by atoms with Crippen LogP contribution in [0.2, 0.25) is 0 Å². The summed E-state index contributed by atoms with van der Waals surface area (Å²) in [6.45, 7) is 3.03. The molecule has 0 unspecified atom stereocenters. The fourth-order valence-corrected chi connectivity index (χ4v) is 4.47. The van der Waals surface area contributed by atoms with Gasteiger partial charge >= 0.3 is 18.0 Å². The molecule has 0 fully saturated rings. The number of alkyl halides is 3. The molecule has 0 spiro atoms. The molecular weight excluding hydrogens is 525 g/mol. The summed E-state index contributed by atoms with van der Waals surface area (Å²) in [6, 6.07) is 13.4. The van der Waals surface area contributed by atoms with Crippen LogP contribution in [0.1, 0.15) is 29.5 Å². The van der Waals surface area contributed by atoms with Gasteiger partial charge in [0.25, 0.3) is 0 Å². The van der Waals surface area contributed by atoms with Gasteiger partial charge in [0, 0.05) is 37.6 Å². The molecule has 38 heavy (non-hydrogen) atoms. The summed E-state index contributed by atoms with van der Waals surface area (Å²) in [6.07, 6.45) is 0.469. The summed E-state index contributed by atoms with van der Waals surface area (Å²) in [5.41, 5.74) is 2.55. The molecule has 12 heteroatoms. The van der Waals surface area contributed by atoms with Crippen molar-refractivity contribution in [3.05, 3.63) is 87.6 Å². The maximum atomic E-state index is 12.8. The van der Waals surface area contributed by atoms with E-state index >= 15 is 0 Å². The average Bonchev–Trinajstić information content (AvgIpc) is 3.32. The minimum atomic E-state index is -4.32. The molecule has 0 radical (unpaired) electrons. The molecule has 2 aromatic carbocycles. The van der Waals surface area contributed by atoms with Gasteiger partial charge in [-0.15, -0.1) is 12.4 Å². The molecule has 0 amide bonds. The number of hydrogen-bond acceptors (Lipinski definition) is 6. The van der Waals surface area contributed by atoms with E-state index in [0.717, 1.165) is 42.8 Å². The zero-order valence-electron chi connectivity index (χ0n) is 20.3. The fourth-order valence-electron chi connectivity index (χ4n) is 4.47. The van der Waals surface area contributed by atoms with Crippen molar-refractivity contribution in [2.24, 2.45) is 0 Å². The number of aromatic nitrogens is 2. The van der Waals surface area contributed by atoms with Gasteiger partial charge in [0.2, 0.25) is 0 Å². The van der Waals surface area contributed by atoms with Crippen molar-refractivity contribution in [1.29, 1.82) is 0 Å². The number of halogens is 4. The van der Waals surface area contributed by atoms with E-state index < -0.39 is 16.7 Å². The summed E-state index contributed by atoms with van der Waals surface area (Å²) in [7, 11) is 0. The monoisotopic (exact) mass is 550 g/mol. The van der Waals surface area contributed by atoms with E-state index in [-0.39, 0.29) is 30.3 Å². The highest BCUT2D eigenvalue weighted by atomic mass is 35.5. The molecule has 2 aliphatic rings. The largest absolute Gasteiger partial charge is 0.490 e. The van der Waals surface area contributed by atoms with Crippen molar-refractivity contribution in [2.75, 3.05) is 19.7 Å². The minimum Gasteiger partial charge on any atom is -0.490 e. The Labute approximate surface area is 223 Å². The van der Waals surface area contributed by atoms with Crippen molar-refractivity contribution < 1.29 is 27.6 Å². The minimum absolute atomic E-state index is 0. The Bertz CT molecular complexity index is 1290. The number of aryl methyl sites for hydroxylation is 1. The second-order valence-corrected chi connectivity index (χ2v) is 9.11. The molecule has 8 nitrogen and oxygen atoms in total. The van der Waals surface area contributed by atoms with E-state index in [1.165, 1.54) is 23.9 Å². The van der Waals surface area contributed by atoms with E-state index in [1.807, 2.05) is 24.3 Å². The SMILES string of the molecule is Cl.O=[N+]([O-])c1cn2c(n1)O[C@@H](COc1ccc(C3=CCN(Cc4ccc(C(F)(F)F)cc4)CC3)cc1)CC2. The van der Waals surface area contributed by atoms with Crippen LogP contribution in [-0.2, 0) is 19.3 Å². The van der Waals surface area contributed by atoms with Crippen LogP contribution < -0.4 is 9.47 Å². The highest BCUT2D eigenvalue weighted by Gasteiger charge is 2.30. The molecule has 2 aliphatic heterocycles. The highest BCUT2D eigenvalue weighted by molar-refractivity contribution is 5.85. The molecule has 1 aromatic heterocycles. The van der Waals surface area contributed by atoms with Crippen LogP contribution in [0.4, 0.5) is 19.0 Å². The Morgan fingerprint density at radius 3 is 2.47 bits per heavy atom. The van der Waals surface area contributed by atoms with Crippen molar-refractivity contribution in [3.8, 4) is 11.8 Å².